The van der Waals surface area contributed by atoms with E-state index in [1.54, 1.807) is 19.2 Å². The number of phenolic OH excluding ortho intramolecular Hbond substituents is 1. The minimum absolute atomic E-state index is 0.0168. The minimum Gasteiger partial charge on any atom is -0.508 e. The molecule has 2 fully saturated rings. The van der Waals surface area contributed by atoms with Crippen LogP contribution in [0.15, 0.2) is 74.1 Å². The second kappa shape index (κ2) is 15.6. The first-order chi connectivity index (χ1) is 27.7. The number of allylic oxidation sites excluding steroid dienone is 1. The standard InChI is InChI=1S/C43H51N3O12/c1-24-15-32(49)30-16-27-17-34(58-55-23-43(54,39(52)36(51)33(50)22-47)18-25-5-7-29(48)8-6-25)41(2,13-9-28-19-45-40(53)42(28)11-3-4-12-42)57-37(27)35(38(30)56-24)46-20-26-10-14-44-31(26)21-46/h5-8,10,14-16,21,28,33-34,36,39,47-48,50-52,54H,3-4,9,11-13,17-20,22-23H2,1-2H3,(H,45,53)/p+1/t28-,33+,34+,36+,39-,41+,43-/m0/s1. The topological polar surface area (TPSA) is 225 Å². The highest BCUT2D eigenvalue weighted by Crippen LogP contribution is 2.51. The van der Waals surface area contributed by atoms with Gasteiger partial charge in [-0.25, -0.2) is 9.78 Å². The lowest BCUT2D eigenvalue weighted by molar-refractivity contribution is -0.763. The highest BCUT2D eigenvalue weighted by molar-refractivity contribution is 5.90. The molecule has 5 heterocycles. The fourth-order valence-electron chi connectivity index (χ4n) is 9.62. The van der Waals surface area contributed by atoms with E-state index in [9.17, 15) is 40.2 Å². The molecule has 8 N–H and O–H groups in total. The van der Waals surface area contributed by atoms with Crippen LogP contribution >= 0.6 is 0 Å². The molecule has 1 aromatic heterocycles. The number of rotatable bonds is 14. The number of nitrogens with zero attached hydrogens (tertiary/aromatic N) is 1. The molecule has 58 heavy (non-hydrogen) atoms. The van der Waals surface area contributed by atoms with Gasteiger partial charge in [-0.3, -0.25) is 19.5 Å². The monoisotopic (exact) mass is 802 g/mol. The largest absolute Gasteiger partial charge is 0.508 e. The van der Waals surface area contributed by atoms with E-state index in [1.165, 1.54) is 30.3 Å². The van der Waals surface area contributed by atoms with Crippen LogP contribution in [-0.2, 0) is 27.4 Å². The van der Waals surface area contributed by atoms with Crippen LogP contribution in [0.1, 0.15) is 62.3 Å². The maximum atomic E-state index is 13.5. The Labute approximate surface area is 334 Å². The van der Waals surface area contributed by atoms with E-state index in [0.29, 0.717) is 65.2 Å². The molecule has 0 bridgehead atoms. The first-order valence-electron chi connectivity index (χ1n) is 20.1. The first kappa shape index (κ1) is 40.3. The lowest BCUT2D eigenvalue weighted by Crippen LogP contribution is -3.01. The number of carbonyl (C=O) groups is 1. The van der Waals surface area contributed by atoms with Crippen molar-refractivity contribution in [2.24, 2.45) is 16.3 Å². The number of quaternary nitrogens is 1. The van der Waals surface area contributed by atoms with E-state index in [1.807, 2.05) is 19.2 Å². The van der Waals surface area contributed by atoms with E-state index in [2.05, 4.69) is 10.3 Å². The number of amides is 1. The summed E-state index contributed by atoms with van der Waals surface area (Å²) in [6, 6.07) is 9.06. The van der Waals surface area contributed by atoms with Crippen LogP contribution in [0.3, 0.4) is 0 Å². The molecule has 4 aliphatic heterocycles. The Balaban J connectivity index is 1.14. The van der Waals surface area contributed by atoms with Crippen molar-refractivity contribution < 1.29 is 59.3 Å². The van der Waals surface area contributed by atoms with Gasteiger partial charge in [-0.1, -0.05) is 25.0 Å². The van der Waals surface area contributed by atoms with E-state index < -0.39 is 54.2 Å². The van der Waals surface area contributed by atoms with Gasteiger partial charge in [0, 0.05) is 42.8 Å². The number of hydrogen-bond donors (Lipinski definition) is 8. The number of benzene rings is 2. The summed E-state index contributed by atoms with van der Waals surface area (Å²) in [6.07, 6.45) is 3.72. The van der Waals surface area contributed by atoms with E-state index in [0.717, 1.165) is 41.9 Å². The third-order valence-corrected chi connectivity index (χ3v) is 13.0. The highest BCUT2D eigenvalue weighted by Gasteiger charge is 2.54. The molecule has 5 aliphatic rings. The van der Waals surface area contributed by atoms with Gasteiger partial charge in [0.15, 0.2) is 11.2 Å². The molecule has 1 saturated heterocycles. The third-order valence-electron chi connectivity index (χ3n) is 13.0. The van der Waals surface area contributed by atoms with Crippen LogP contribution in [0.2, 0.25) is 0 Å². The maximum absolute atomic E-state index is 13.5. The summed E-state index contributed by atoms with van der Waals surface area (Å²) < 4.78 is 13.4. The number of aliphatic hydroxyl groups excluding tert-OH is 4. The number of ether oxygens (including phenoxy) is 1. The summed E-state index contributed by atoms with van der Waals surface area (Å²) in [7, 11) is 0. The van der Waals surface area contributed by atoms with Gasteiger partial charge in [-0.2, -0.15) is 0 Å². The first-order valence-corrected chi connectivity index (χ1v) is 20.1. The molecule has 0 radical (unpaired) electrons. The maximum Gasteiger partial charge on any atom is 0.226 e. The van der Waals surface area contributed by atoms with Crippen LogP contribution in [0.4, 0.5) is 5.69 Å². The highest BCUT2D eigenvalue weighted by atomic mass is 17.2. The van der Waals surface area contributed by atoms with Gasteiger partial charge in [0.2, 0.25) is 17.2 Å². The minimum atomic E-state index is -2.26. The Morgan fingerprint density at radius 1 is 1.12 bits per heavy atom. The number of phenols is 1. The zero-order valence-corrected chi connectivity index (χ0v) is 32.6. The fourth-order valence-corrected chi connectivity index (χ4v) is 9.62. The number of aliphatic hydroxyl groups is 5. The molecule has 8 atom stereocenters. The van der Waals surface area contributed by atoms with E-state index in [4.69, 9.17) is 18.9 Å². The molecule has 1 unspecified atom stereocenters. The summed E-state index contributed by atoms with van der Waals surface area (Å²) in [5.41, 5.74) is 0.0557. The molecule has 1 aliphatic carbocycles. The molecule has 1 spiro atoms. The molecular weight excluding hydrogens is 750 g/mol. The molecule has 1 saturated carbocycles. The van der Waals surface area contributed by atoms with Crippen LogP contribution in [0.5, 0.6) is 11.5 Å². The predicted molar refractivity (Wildman–Crippen MR) is 209 cm³/mol. The molecule has 1 amide bonds. The van der Waals surface area contributed by atoms with E-state index >= 15 is 0 Å². The lowest BCUT2D eigenvalue weighted by atomic mass is 9.72. The van der Waals surface area contributed by atoms with Gasteiger partial charge in [0.25, 0.3) is 0 Å². The molecule has 15 nitrogen and oxygen atoms in total. The Kier molecular flexibility index (Phi) is 10.9. The number of aliphatic imine (C=N–C) groups is 1. The average Bonchev–Trinajstić information content (AvgIpc) is 4.01. The summed E-state index contributed by atoms with van der Waals surface area (Å²) in [6.45, 7) is 3.18. The molecule has 310 valence electrons. The van der Waals surface area contributed by atoms with E-state index in [-0.39, 0.29) is 35.8 Å². The number of hydrogen-bond acceptors (Lipinski definition) is 13. The summed E-state index contributed by atoms with van der Waals surface area (Å²) in [4.78, 5) is 44.2. The van der Waals surface area contributed by atoms with Gasteiger partial charge >= 0.3 is 0 Å². The molecular formula is C43H52N3O12+. The quantitative estimate of drug-likeness (QED) is 0.0855. The summed E-state index contributed by atoms with van der Waals surface area (Å²) in [5.74, 6) is 1.13. The predicted octanol–water partition coefficient (Wildman–Crippen LogP) is 1.34. The molecule has 8 rings (SSSR count). The SMILES string of the molecule is Cc1cc(=O)c2cc3c(c([NH+]4C=C5N=CC=C5C4)c2o1)O[C@](C)(CC[C@H]1CNC(=O)C12CCCC2)[C@H](OOC[C@@](O)(Cc1ccc(O)cc1)[C@@H](O)[C@H](O)[C@H](O)CO)C3. The van der Waals surface area contributed by atoms with Gasteiger partial charge in [0.05, 0.1) is 17.4 Å². The van der Waals surface area contributed by atoms with Crippen molar-refractivity contribution >= 4 is 28.8 Å². The van der Waals surface area contributed by atoms with Crippen molar-refractivity contribution in [2.75, 3.05) is 26.3 Å². The summed E-state index contributed by atoms with van der Waals surface area (Å²) >= 11 is 0. The van der Waals surface area contributed by atoms with Gasteiger partial charge in [-0.15, -0.1) is 0 Å². The number of nitrogens with one attached hydrogen (secondary N) is 2. The second-order valence-corrected chi connectivity index (χ2v) is 16.9. The second-order valence-electron chi connectivity index (χ2n) is 16.9. The van der Waals surface area contributed by atoms with Crippen LogP contribution in [0.25, 0.3) is 11.0 Å². The van der Waals surface area contributed by atoms with Crippen LogP contribution < -0.4 is 20.4 Å². The van der Waals surface area contributed by atoms with Gasteiger partial charge in [-0.05, 0) is 75.3 Å². The molecule has 15 heteroatoms. The molecule has 2 aromatic carbocycles. The van der Waals surface area contributed by atoms with Crippen LogP contribution in [0, 0.1) is 18.3 Å². The van der Waals surface area contributed by atoms with Crippen molar-refractivity contribution in [3.63, 3.8) is 0 Å². The fraction of sp³-hybridized carbons (Fsp3) is 0.512. The summed E-state index contributed by atoms with van der Waals surface area (Å²) in [5, 5.41) is 66.8. The Morgan fingerprint density at radius 2 is 1.88 bits per heavy atom. The lowest BCUT2D eigenvalue weighted by Gasteiger charge is -2.43. The average molecular weight is 803 g/mol. The zero-order valence-electron chi connectivity index (χ0n) is 32.6. The van der Waals surface area contributed by atoms with Crippen LogP contribution in [-0.4, -0.2) is 105 Å². The molecule has 3 aromatic rings. The van der Waals surface area contributed by atoms with Crippen molar-refractivity contribution in [1.82, 2.24) is 5.32 Å². The third kappa shape index (κ3) is 7.28. The number of aromatic hydroxyl groups is 1. The Morgan fingerprint density at radius 3 is 2.60 bits per heavy atom. The van der Waals surface area contributed by atoms with Crippen molar-refractivity contribution in [3.8, 4) is 11.5 Å². The number of aryl methyl sites for hydroxylation is 1. The zero-order chi connectivity index (χ0) is 41.0. The Hall–Kier alpha value is -4.45. The number of fused-ring (bicyclic) bond motifs is 3. The Bertz CT molecular complexity index is 2210. The van der Waals surface area contributed by atoms with Gasteiger partial charge < -0.3 is 45.1 Å². The van der Waals surface area contributed by atoms with Crippen molar-refractivity contribution in [3.05, 3.63) is 87.1 Å². The smallest absolute Gasteiger partial charge is 0.226 e. The normalized spacial score (nSPS) is 27.1. The van der Waals surface area contributed by atoms with Crippen molar-refractivity contribution in [1.29, 1.82) is 0 Å². The van der Waals surface area contributed by atoms with Gasteiger partial charge in [0.1, 0.15) is 72.2 Å². The number of carbonyl (C=O) groups excluding carboxylic acids is 1. The van der Waals surface area contributed by atoms with Crippen molar-refractivity contribution in [2.45, 2.75) is 101 Å².